The van der Waals surface area contributed by atoms with E-state index in [4.69, 9.17) is 0 Å². The molecule has 158 valence electrons. The van der Waals surface area contributed by atoms with Gasteiger partial charge in [0.25, 0.3) is 0 Å². The lowest BCUT2D eigenvalue weighted by Gasteiger charge is -2.16. The Labute approximate surface area is 176 Å². The van der Waals surface area contributed by atoms with E-state index < -0.39 is 0 Å². The molecule has 0 aliphatic carbocycles. The highest BCUT2D eigenvalue weighted by Gasteiger charge is 2.18. The summed E-state index contributed by atoms with van der Waals surface area (Å²) in [5.41, 5.74) is 5.63. The predicted molar refractivity (Wildman–Crippen MR) is 117 cm³/mol. The highest BCUT2D eigenvalue weighted by Crippen LogP contribution is 2.38. The van der Waals surface area contributed by atoms with Crippen LogP contribution in [0.2, 0.25) is 0 Å². The van der Waals surface area contributed by atoms with Gasteiger partial charge in [0, 0.05) is 24.0 Å². The van der Waals surface area contributed by atoms with E-state index in [0.717, 1.165) is 5.56 Å². The lowest BCUT2D eigenvalue weighted by atomic mass is 9.92. The van der Waals surface area contributed by atoms with Crippen LogP contribution < -0.4 is 0 Å². The van der Waals surface area contributed by atoms with Crippen LogP contribution in [0.15, 0.2) is 24.3 Å². The van der Waals surface area contributed by atoms with Crippen LogP contribution in [-0.4, -0.2) is 25.5 Å². The Hall–Kier alpha value is -3.34. The van der Waals surface area contributed by atoms with E-state index in [1.54, 1.807) is 39.8 Å². The van der Waals surface area contributed by atoms with Crippen molar-refractivity contribution >= 4 is 0 Å². The summed E-state index contributed by atoms with van der Waals surface area (Å²) in [4.78, 5) is 0. The van der Waals surface area contributed by atoms with Crippen LogP contribution in [0.1, 0.15) is 50.1 Å². The molecule has 5 heteroatoms. The van der Waals surface area contributed by atoms with Crippen molar-refractivity contribution in [3.05, 3.63) is 74.3 Å². The molecule has 5 N–H and O–H groups in total. The molecular formula is C25H28O5. The Kier molecular flexibility index (Phi) is 5.57. The van der Waals surface area contributed by atoms with Crippen LogP contribution >= 0.6 is 0 Å². The Morgan fingerprint density at radius 2 is 0.800 bits per heavy atom. The summed E-state index contributed by atoms with van der Waals surface area (Å²) < 4.78 is 0. The van der Waals surface area contributed by atoms with Crippen LogP contribution in [0.5, 0.6) is 28.7 Å². The molecule has 0 radical (unpaired) electrons. The van der Waals surface area contributed by atoms with Crippen LogP contribution in [0.4, 0.5) is 0 Å². The topological polar surface area (TPSA) is 101 Å². The van der Waals surface area contributed by atoms with Gasteiger partial charge >= 0.3 is 0 Å². The zero-order valence-electron chi connectivity index (χ0n) is 18.0. The Morgan fingerprint density at radius 1 is 0.467 bits per heavy atom. The van der Waals surface area contributed by atoms with Crippen molar-refractivity contribution in [2.45, 2.75) is 47.5 Å². The standard InChI is InChI=1S/C25H28O5/c1-12-6-17(10-19-8-13(2)21(26)15(4)23(19)28)25(30)18(7-12)11-20-9-14(3)22(27)16(5)24(20)29/h6-9,26-30H,10-11H2,1-5H3. The molecule has 0 heterocycles. The minimum absolute atomic E-state index is 0.0167. The average molecular weight is 408 g/mol. The molecule has 0 amide bonds. The molecule has 0 unspecified atom stereocenters. The maximum atomic E-state index is 10.9. The maximum Gasteiger partial charge on any atom is 0.125 e. The number of rotatable bonds is 4. The van der Waals surface area contributed by atoms with E-state index in [0.29, 0.717) is 57.3 Å². The molecule has 0 fully saturated rings. The first kappa shape index (κ1) is 21.4. The Balaban J connectivity index is 2.04. The summed E-state index contributed by atoms with van der Waals surface area (Å²) in [5, 5.41) is 51.9. The average Bonchev–Trinajstić information content (AvgIpc) is 2.70. The first-order chi connectivity index (χ1) is 14.0. The minimum Gasteiger partial charge on any atom is -0.507 e. The van der Waals surface area contributed by atoms with Gasteiger partial charge < -0.3 is 25.5 Å². The zero-order valence-corrected chi connectivity index (χ0v) is 18.0. The summed E-state index contributed by atoms with van der Waals surface area (Å²) >= 11 is 0. The predicted octanol–water partition coefficient (Wildman–Crippen LogP) is 4.94. The molecule has 3 rings (SSSR count). The number of benzene rings is 3. The molecular weight excluding hydrogens is 380 g/mol. The van der Waals surface area contributed by atoms with E-state index in [9.17, 15) is 25.5 Å². The normalized spacial score (nSPS) is 11.1. The largest absolute Gasteiger partial charge is 0.507 e. The van der Waals surface area contributed by atoms with Crippen molar-refractivity contribution in [1.29, 1.82) is 0 Å². The van der Waals surface area contributed by atoms with Crippen molar-refractivity contribution in [1.82, 2.24) is 0 Å². The number of hydrogen-bond donors (Lipinski definition) is 5. The highest BCUT2D eigenvalue weighted by molar-refractivity contribution is 5.57. The van der Waals surface area contributed by atoms with Gasteiger partial charge in [0.1, 0.15) is 28.7 Å². The summed E-state index contributed by atoms with van der Waals surface area (Å²) in [6.45, 7) is 8.77. The number of hydrogen-bond acceptors (Lipinski definition) is 5. The number of aryl methyl sites for hydroxylation is 3. The second-order valence-corrected chi connectivity index (χ2v) is 8.13. The van der Waals surface area contributed by atoms with Gasteiger partial charge in [-0.2, -0.15) is 0 Å². The lowest BCUT2D eigenvalue weighted by molar-refractivity contribution is 0.435. The second kappa shape index (κ2) is 7.82. The highest BCUT2D eigenvalue weighted by atomic mass is 16.3. The molecule has 0 spiro atoms. The van der Waals surface area contributed by atoms with E-state index >= 15 is 0 Å². The fourth-order valence-electron chi connectivity index (χ4n) is 3.98. The Morgan fingerprint density at radius 3 is 1.17 bits per heavy atom. The second-order valence-electron chi connectivity index (χ2n) is 8.13. The molecule has 0 aliphatic heterocycles. The van der Waals surface area contributed by atoms with Gasteiger partial charge in [-0.25, -0.2) is 0 Å². The van der Waals surface area contributed by atoms with E-state index in [1.807, 2.05) is 19.1 Å². The summed E-state index contributed by atoms with van der Waals surface area (Å²) in [7, 11) is 0. The third-order valence-corrected chi connectivity index (χ3v) is 5.73. The fraction of sp³-hybridized carbons (Fsp3) is 0.280. The van der Waals surface area contributed by atoms with Gasteiger partial charge in [0.05, 0.1) is 0 Å². The molecule has 0 saturated carbocycles. The van der Waals surface area contributed by atoms with E-state index in [2.05, 4.69) is 0 Å². The van der Waals surface area contributed by atoms with Crippen LogP contribution in [-0.2, 0) is 12.8 Å². The van der Waals surface area contributed by atoms with Crippen LogP contribution in [0.25, 0.3) is 0 Å². The SMILES string of the molecule is Cc1cc(Cc2cc(C)c(O)c(C)c2O)c(O)c(Cc2cc(C)c(O)c(C)c2O)c1. The van der Waals surface area contributed by atoms with Crippen molar-refractivity contribution in [2.24, 2.45) is 0 Å². The van der Waals surface area contributed by atoms with Gasteiger partial charge in [-0.15, -0.1) is 0 Å². The quantitative estimate of drug-likeness (QED) is 0.421. The lowest BCUT2D eigenvalue weighted by Crippen LogP contribution is -1.99. The fourth-order valence-corrected chi connectivity index (χ4v) is 3.98. The smallest absolute Gasteiger partial charge is 0.125 e. The van der Waals surface area contributed by atoms with Gasteiger partial charge in [-0.1, -0.05) is 17.7 Å². The maximum absolute atomic E-state index is 10.9. The summed E-state index contributed by atoms with van der Waals surface area (Å²) in [6, 6.07) is 7.17. The van der Waals surface area contributed by atoms with Gasteiger partial charge in [0.15, 0.2) is 0 Å². The van der Waals surface area contributed by atoms with Crippen LogP contribution in [0.3, 0.4) is 0 Å². The molecule has 0 atom stereocenters. The van der Waals surface area contributed by atoms with Crippen molar-refractivity contribution in [3.8, 4) is 28.7 Å². The molecule has 0 aliphatic rings. The molecule has 0 aromatic heterocycles. The first-order valence-corrected chi connectivity index (χ1v) is 9.84. The summed E-state index contributed by atoms with van der Waals surface area (Å²) in [6.07, 6.45) is 0.599. The van der Waals surface area contributed by atoms with Gasteiger partial charge in [-0.05, 0) is 80.1 Å². The van der Waals surface area contributed by atoms with E-state index in [1.165, 1.54) is 0 Å². The van der Waals surface area contributed by atoms with Gasteiger partial charge in [-0.3, -0.25) is 0 Å². The Bertz CT molecular complexity index is 1060. The molecule has 30 heavy (non-hydrogen) atoms. The van der Waals surface area contributed by atoms with Gasteiger partial charge in [0.2, 0.25) is 0 Å². The molecule has 3 aromatic carbocycles. The monoisotopic (exact) mass is 408 g/mol. The van der Waals surface area contributed by atoms with Crippen molar-refractivity contribution in [2.75, 3.05) is 0 Å². The molecule has 3 aromatic rings. The molecule has 5 nitrogen and oxygen atoms in total. The number of phenolic OH excluding ortho intramolecular Hbond substituents is 5. The third-order valence-electron chi connectivity index (χ3n) is 5.73. The number of aromatic hydroxyl groups is 5. The van der Waals surface area contributed by atoms with Crippen molar-refractivity contribution < 1.29 is 25.5 Å². The molecule has 0 bridgehead atoms. The minimum atomic E-state index is 0.0167. The zero-order chi connectivity index (χ0) is 22.3. The van der Waals surface area contributed by atoms with Crippen molar-refractivity contribution in [3.63, 3.8) is 0 Å². The number of phenols is 5. The molecule has 0 saturated heterocycles. The van der Waals surface area contributed by atoms with Crippen LogP contribution in [0, 0.1) is 34.6 Å². The first-order valence-electron chi connectivity index (χ1n) is 9.84. The third kappa shape index (κ3) is 3.75. The van der Waals surface area contributed by atoms with E-state index in [-0.39, 0.29) is 28.7 Å². The summed E-state index contributed by atoms with van der Waals surface area (Å²) in [5.74, 6) is 0.273.